The number of hydrogen-bond donors (Lipinski definition) is 1. The smallest absolute Gasteiger partial charge is 0.244 e. The summed E-state index contributed by atoms with van der Waals surface area (Å²) in [5.74, 6) is -0.329. The average molecular weight is 360 g/mol. The molecule has 0 fully saturated rings. The van der Waals surface area contributed by atoms with Gasteiger partial charge in [0.05, 0.1) is 18.0 Å². The number of amides is 1. The maximum atomic E-state index is 12.7. The van der Waals surface area contributed by atoms with Gasteiger partial charge in [0, 0.05) is 0 Å². The van der Waals surface area contributed by atoms with Crippen molar-refractivity contribution in [3.63, 3.8) is 0 Å². The third kappa shape index (κ3) is 4.82. The first-order valence-corrected chi connectivity index (χ1v) is 10.1. The van der Waals surface area contributed by atoms with Crippen LogP contribution < -0.4 is 9.62 Å². The second-order valence-corrected chi connectivity index (χ2v) is 7.81. The fourth-order valence-electron chi connectivity index (χ4n) is 2.78. The molecule has 0 spiro atoms. The van der Waals surface area contributed by atoms with Crippen molar-refractivity contribution < 1.29 is 13.2 Å². The van der Waals surface area contributed by atoms with Gasteiger partial charge >= 0.3 is 0 Å². The summed E-state index contributed by atoms with van der Waals surface area (Å²) in [6, 6.07) is 17.3. The van der Waals surface area contributed by atoms with E-state index in [1.54, 1.807) is 37.3 Å². The number of nitrogens with one attached hydrogen (secondary N) is 1. The van der Waals surface area contributed by atoms with Gasteiger partial charge in [0.15, 0.2) is 0 Å². The van der Waals surface area contributed by atoms with Gasteiger partial charge in [-0.25, -0.2) is 8.42 Å². The highest BCUT2D eigenvalue weighted by atomic mass is 32.2. The zero-order valence-electron chi connectivity index (χ0n) is 14.7. The highest BCUT2D eigenvalue weighted by Gasteiger charge is 2.30. The second-order valence-electron chi connectivity index (χ2n) is 5.95. The molecule has 0 bridgehead atoms. The Morgan fingerprint density at radius 2 is 1.56 bits per heavy atom. The number of benzene rings is 2. The molecule has 0 aliphatic heterocycles. The Hall–Kier alpha value is -2.34. The predicted molar refractivity (Wildman–Crippen MR) is 101 cm³/mol. The number of carbonyl (C=O) groups excluding carboxylic acids is 1. The van der Waals surface area contributed by atoms with Crippen LogP contribution in [0.4, 0.5) is 5.69 Å². The van der Waals surface area contributed by atoms with Crippen molar-refractivity contribution in [2.45, 2.75) is 32.4 Å². The summed E-state index contributed by atoms with van der Waals surface area (Å²) in [5, 5.41) is 2.96. The number of hydrogen-bond acceptors (Lipinski definition) is 3. The van der Waals surface area contributed by atoms with E-state index in [0.29, 0.717) is 12.1 Å². The maximum absolute atomic E-state index is 12.7. The van der Waals surface area contributed by atoms with Gasteiger partial charge < -0.3 is 5.32 Å². The van der Waals surface area contributed by atoms with Gasteiger partial charge in [0.1, 0.15) is 6.04 Å². The number of anilines is 1. The lowest BCUT2D eigenvalue weighted by atomic mass is 10.0. The van der Waals surface area contributed by atoms with Crippen LogP contribution >= 0.6 is 0 Å². The third-order valence-corrected chi connectivity index (χ3v) is 5.27. The minimum atomic E-state index is -3.60. The van der Waals surface area contributed by atoms with Crippen molar-refractivity contribution in [2.75, 3.05) is 10.6 Å². The van der Waals surface area contributed by atoms with Gasteiger partial charge in [-0.1, -0.05) is 55.5 Å². The van der Waals surface area contributed by atoms with Crippen LogP contribution in [0, 0.1) is 0 Å². The number of rotatable bonds is 7. The van der Waals surface area contributed by atoms with Crippen LogP contribution in [0.15, 0.2) is 60.7 Å². The second kappa shape index (κ2) is 8.16. The van der Waals surface area contributed by atoms with Crippen molar-refractivity contribution in [1.29, 1.82) is 0 Å². The Morgan fingerprint density at radius 3 is 2.04 bits per heavy atom. The highest BCUT2D eigenvalue weighted by Crippen LogP contribution is 2.22. The summed E-state index contributed by atoms with van der Waals surface area (Å²) in [7, 11) is -3.60. The number of nitrogens with zero attached hydrogens (tertiary/aromatic N) is 1. The first-order valence-electron chi connectivity index (χ1n) is 8.24. The van der Waals surface area contributed by atoms with Gasteiger partial charge in [-0.15, -0.1) is 0 Å². The lowest BCUT2D eigenvalue weighted by Crippen LogP contribution is -2.48. The van der Waals surface area contributed by atoms with Crippen LogP contribution in [-0.4, -0.2) is 26.6 Å². The first-order chi connectivity index (χ1) is 11.8. The van der Waals surface area contributed by atoms with E-state index in [1.165, 1.54) is 0 Å². The lowest BCUT2D eigenvalue weighted by Gasteiger charge is -2.29. The molecule has 0 saturated carbocycles. The molecule has 0 saturated heterocycles. The van der Waals surface area contributed by atoms with Gasteiger partial charge in [0.25, 0.3) is 0 Å². The van der Waals surface area contributed by atoms with Crippen LogP contribution in [0.2, 0.25) is 0 Å². The Labute approximate surface area is 149 Å². The molecule has 0 heterocycles. The monoisotopic (exact) mass is 360 g/mol. The molecule has 0 unspecified atom stereocenters. The van der Waals surface area contributed by atoms with Crippen LogP contribution in [0.5, 0.6) is 0 Å². The molecule has 1 N–H and O–H groups in total. The Kier molecular flexibility index (Phi) is 6.20. The SMILES string of the molecule is CC[C@@H](NC(=O)[C@@H](C)N(c1ccccc1)S(C)(=O)=O)c1ccccc1. The van der Waals surface area contributed by atoms with Crippen molar-refractivity contribution in [2.24, 2.45) is 0 Å². The molecule has 6 heteroatoms. The molecule has 2 atom stereocenters. The molecule has 25 heavy (non-hydrogen) atoms. The van der Waals surface area contributed by atoms with Crippen molar-refractivity contribution >= 4 is 21.6 Å². The van der Waals surface area contributed by atoms with Gasteiger partial charge in [0.2, 0.25) is 15.9 Å². The maximum Gasteiger partial charge on any atom is 0.244 e. The number of para-hydroxylation sites is 1. The van der Waals surface area contributed by atoms with Crippen LogP contribution in [-0.2, 0) is 14.8 Å². The first kappa shape index (κ1) is 19.0. The summed E-state index contributed by atoms with van der Waals surface area (Å²) in [5.41, 5.74) is 1.47. The summed E-state index contributed by atoms with van der Waals surface area (Å²) in [6.45, 7) is 3.58. The van der Waals surface area contributed by atoms with Crippen LogP contribution in [0.1, 0.15) is 31.9 Å². The zero-order chi connectivity index (χ0) is 18.4. The predicted octanol–water partition coefficient (Wildman–Crippen LogP) is 3.11. The van der Waals surface area contributed by atoms with Crippen LogP contribution in [0.25, 0.3) is 0 Å². The summed E-state index contributed by atoms with van der Waals surface area (Å²) in [4.78, 5) is 12.7. The Balaban J connectivity index is 2.24. The lowest BCUT2D eigenvalue weighted by molar-refractivity contribution is -0.122. The Morgan fingerprint density at radius 1 is 1.04 bits per heavy atom. The molecule has 0 aromatic heterocycles. The number of sulfonamides is 1. The van der Waals surface area contributed by atoms with E-state index < -0.39 is 16.1 Å². The quantitative estimate of drug-likeness (QED) is 0.825. The van der Waals surface area contributed by atoms with E-state index in [4.69, 9.17) is 0 Å². The van der Waals surface area contributed by atoms with E-state index in [2.05, 4.69) is 5.32 Å². The van der Waals surface area contributed by atoms with E-state index in [-0.39, 0.29) is 11.9 Å². The van der Waals surface area contributed by atoms with E-state index in [9.17, 15) is 13.2 Å². The number of carbonyl (C=O) groups is 1. The molecule has 134 valence electrons. The average Bonchev–Trinajstić information content (AvgIpc) is 2.60. The molecule has 2 aromatic rings. The molecule has 0 radical (unpaired) electrons. The largest absolute Gasteiger partial charge is 0.347 e. The van der Waals surface area contributed by atoms with E-state index in [0.717, 1.165) is 16.1 Å². The minimum Gasteiger partial charge on any atom is -0.347 e. The summed E-state index contributed by atoms with van der Waals surface area (Å²) >= 11 is 0. The van der Waals surface area contributed by atoms with Gasteiger partial charge in [-0.2, -0.15) is 0 Å². The van der Waals surface area contributed by atoms with E-state index >= 15 is 0 Å². The van der Waals surface area contributed by atoms with Crippen molar-refractivity contribution in [1.82, 2.24) is 5.32 Å². The van der Waals surface area contributed by atoms with Crippen LogP contribution in [0.3, 0.4) is 0 Å². The minimum absolute atomic E-state index is 0.159. The fourth-order valence-corrected chi connectivity index (χ4v) is 3.96. The van der Waals surface area contributed by atoms with E-state index in [1.807, 2.05) is 37.3 Å². The normalized spacial score (nSPS) is 13.7. The van der Waals surface area contributed by atoms with Gasteiger partial charge in [-0.05, 0) is 31.0 Å². The molecule has 0 aliphatic rings. The third-order valence-electron chi connectivity index (χ3n) is 4.03. The standard InChI is InChI=1S/C19H24N2O3S/c1-4-18(16-11-7-5-8-12-16)20-19(22)15(2)21(25(3,23)24)17-13-9-6-10-14-17/h5-15,18H,4H2,1-3H3,(H,20,22)/t15-,18-/m1/s1. The molecule has 5 nitrogen and oxygen atoms in total. The molecule has 2 aromatic carbocycles. The fraction of sp³-hybridized carbons (Fsp3) is 0.316. The van der Waals surface area contributed by atoms with Gasteiger partial charge in [-0.3, -0.25) is 9.10 Å². The molecular weight excluding hydrogens is 336 g/mol. The molecule has 0 aliphatic carbocycles. The molecule has 1 amide bonds. The van der Waals surface area contributed by atoms with Crippen molar-refractivity contribution in [3.05, 3.63) is 66.2 Å². The highest BCUT2D eigenvalue weighted by molar-refractivity contribution is 7.92. The zero-order valence-corrected chi connectivity index (χ0v) is 15.5. The Bertz CT molecular complexity index is 792. The topological polar surface area (TPSA) is 66.5 Å². The summed E-state index contributed by atoms with van der Waals surface area (Å²) < 4.78 is 25.7. The molecular formula is C19H24N2O3S. The summed E-state index contributed by atoms with van der Waals surface area (Å²) in [6.07, 6.45) is 1.82. The van der Waals surface area contributed by atoms with Crippen molar-refractivity contribution in [3.8, 4) is 0 Å². The molecule has 2 rings (SSSR count).